The van der Waals surface area contributed by atoms with Crippen LogP contribution in [-0.2, 0) is 29.0 Å². The third-order valence-electron chi connectivity index (χ3n) is 5.27. The molecule has 2 fully saturated rings. The zero-order valence-electron chi connectivity index (χ0n) is 14.7. The van der Waals surface area contributed by atoms with Crippen LogP contribution in [0.2, 0.25) is 0 Å². The molecule has 0 bridgehead atoms. The first-order valence-electron chi connectivity index (χ1n) is 9.46. The summed E-state index contributed by atoms with van der Waals surface area (Å²) in [6.45, 7) is 4.22. The van der Waals surface area contributed by atoms with E-state index in [4.69, 9.17) is 9.47 Å². The van der Waals surface area contributed by atoms with Crippen LogP contribution in [-0.4, -0.2) is 64.2 Å². The van der Waals surface area contributed by atoms with Gasteiger partial charge >= 0.3 is 6.03 Å². The number of urea groups is 1. The number of aryl methyl sites for hydroxylation is 1. The van der Waals surface area contributed by atoms with Gasteiger partial charge in [0.25, 0.3) is 0 Å². The Bertz CT molecular complexity index is 575. The summed E-state index contributed by atoms with van der Waals surface area (Å²) in [4.78, 5) is 14.6. The molecule has 0 aliphatic carbocycles. The molecule has 1 N–H and O–H groups in total. The quantitative estimate of drug-likeness (QED) is 0.831. The topological polar surface area (TPSA) is 81.5 Å². The van der Waals surface area contributed by atoms with E-state index in [9.17, 15) is 4.79 Å². The molecular weight excluding hydrogens is 322 g/mol. The van der Waals surface area contributed by atoms with Crippen LogP contribution in [0.15, 0.2) is 0 Å². The highest BCUT2D eigenvalue weighted by atomic mass is 16.5. The monoisotopic (exact) mass is 349 g/mol. The molecule has 2 atom stereocenters. The van der Waals surface area contributed by atoms with Gasteiger partial charge in [-0.2, -0.15) is 0 Å². The van der Waals surface area contributed by atoms with Crippen molar-refractivity contribution in [2.24, 2.45) is 0 Å². The molecule has 3 aliphatic heterocycles. The van der Waals surface area contributed by atoms with Crippen molar-refractivity contribution >= 4 is 6.03 Å². The summed E-state index contributed by atoms with van der Waals surface area (Å²) >= 11 is 0. The van der Waals surface area contributed by atoms with Gasteiger partial charge in [-0.15, -0.1) is 10.2 Å². The van der Waals surface area contributed by atoms with Crippen molar-refractivity contribution in [1.82, 2.24) is 25.0 Å². The van der Waals surface area contributed by atoms with Crippen molar-refractivity contribution in [2.45, 2.75) is 63.8 Å². The fourth-order valence-electron chi connectivity index (χ4n) is 3.92. The molecule has 1 aromatic rings. The number of hydrogen-bond acceptors (Lipinski definition) is 5. The van der Waals surface area contributed by atoms with Gasteiger partial charge in [0.05, 0.1) is 18.8 Å². The van der Waals surface area contributed by atoms with Crippen LogP contribution in [0.25, 0.3) is 0 Å². The van der Waals surface area contributed by atoms with Gasteiger partial charge in [-0.1, -0.05) is 0 Å². The molecule has 4 rings (SSSR count). The molecule has 0 spiro atoms. The fourth-order valence-corrected chi connectivity index (χ4v) is 3.92. The molecule has 2 saturated heterocycles. The van der Waals surface area contributed by atoms with Crippen molar-refractivity contribution in [2.75, 3.05) is 26.3 Å². The summed E-state index contributed by atoms with van der Waals surface area (Å²) in [6, 6.07) is -0.0682. The van der Waals surface area contributed by atoms with E-state index in [1.54, 1.807) is 0 Å². The second-order valence-corrected chi connectivity index (χ2v) is 7.12. The average molecular weight is 349 g/mol. The maximum absolute atomic E-state index is 12.8. The van der Waals surface area contributed by atoms with Crippen LogP contribution in [0.1, 0.15) is 43.8 Å². The van der Waals surface area contributed by atoms with Gasteiger partial charge < -0.3 is 24.3 Å². The smallest absolute Gasteiger partial charge is 0.317 e. The number of amides is 2. The second kappa shape index (κ2) is 7.70. The van der Waals surface area contributed by atoms with Crippen LogP contribution in [0.4, 0.5) is 4.79 Å². The van der Waals surface area contributed by atoms with E-state index in [1.165, 1.54) is 0 Å². The summed E-state index contributed by atoms with van der Waals surface area (Å²) in [5.41, 5.74) is 0. The number of nitrogens with zero attached hydrogens (tertiary/aromatic N) is 4. The number of carbonyl (C=O) groups excluding carboxylic acids is 1. The van der Waals surface area contributed by atoms with E-state index in [0.29, 0.717) is 19.6 Å². The predicted octanol–water partition coefficient (Wildman–Crippen LogP) is 1.09. The zero-order valence-corrected chi connectivity index (χ0v) is 14.7. The lowest BCUT2D eigenvalue weighted by Crippen LogP contribution is -2.47. The maximum atomic E-state index is 12.8. The summed E-state index contributed by atoms with van der Waals surface area (Å²) in [6.07, 6.45) is 6.56. The fraction of sp³-hybridized carbons (Fsp3) is 0.824. The van der Waals surface area contributed by atoms with Crippen molar-refractivity contribution in [3.8, 4) is 0 Å². The lowest BCUT2D eigenvalue weighted by atomic mass is 10.2. The minimum atomic E-state index is -0.0682. The molecule has 3 aliphatic rings. The van der Waals surface area contributed by atoms with Crippen LogP contribution in [0.5, 0.6) is 0 Å². The van der Waals surface area contributed by atoms with E-state index in [-0.39, 0.29) is 18.2 Å². The molecule has 0 radical (unpaired) electrons. The van der Waals surface area contributed by atoms with Gasteiger partial charge in [0.2, 0.25) is 0 Å². The third-order valence-corrected chi connectivity index (χ3v) is 5.27. The molecular formula is C17H27N5O3. The highest BCUT2D eigenvalue weighted by Gasteiger charge is 2.27. The number of ether oxygens (including phenoxy) is 2. The first-order valence-corrected chi connectivity index (χ1v) is 9.46. The molecule has 4 heterocycles. The third kappa shape index (κ3) is 3.95. The van der Waals surface area contributed by atoms with E-state index < -0.39 is 0 Å². The SMILES string of the molecule is O=C(NCc1nnc2n1CCC2)N(C[C@@H]1CCCO1)C[C@@H]1CCCO1. The predicted molar refractivity (Wildman–Crippen MR) is 90.1 cm³/mol. The summed E-state index contributed by atoms with van der Waals surface area (Å²) in [7, 11) is 0. The molecule has 25 heavy (non-hydrogen) atoms. The van der Waals surface area contributed by atoms with Crippen molar-refractivity contribution in [1.29, 1.82) is 0 Å². The Morgan fingerprint density at radius 3 is 2.48 bits per heavy atom. The molecule has 0 unspecified atom stereocenters. The number of nitrogens with one attached hydrogen (secondary N) is 1. The number of hydrogen-bond donors (Lipinski definition) is 1. The van der Waals surface area contributed by atoms with Gasteiger partial charge in [0, 0.05) is 39.3 Å². The van der Waals surface area contributed by atoms with Crippen molar-refractivity contribution < 1.29 is 14.3 Å². The first kappa shape index (κ1) is 16.8. The highest BCUT2D eigenvalue weighted by Crippen LogP contribution is 2.18. The molecule has 0 saturated carbocycles. The largest absolute Gasteiger partial charge is 0.376 e. The first-order chi connectivity index (χ1) is 12.3. The Balaban J connectivity index is 1.35. The Morgan fingerprint density at radius 1 is 1.12 bits per heavy atom. The Labute approximate surface area is 147 Å². The number of rotatable bonds is 6. The molecule has 0 aromatic carbocycles. The second-order valence-electron chi connectivity index (χ2n) is 7.12. The van der Waals surface area contributed by atoms with E-state index in [0.717, 1.165) is 69.9 Å². The normalized spacial score (nSPS) is 25.3. The van der Waals surface area contributed by atoms with Gasteiger partial charge in [-0.05, 0) is 32.1 Å². The lowest BCUT2D eigenvalue weighted by molar-refractivity contribution is 0.0497. The molecule has 8 nitrogen and oxygen atoms in total. The van der Waals surface area contributed by atoms with Gasteiger partial charge in [0.15, 0.2) is 5.82 Å². The minimum absolute atomic E-state index is 0.0682. The Hall–Kier alpha value is -1.67. The number of carbonyl (C=O) groups is 1. The minimum Gasteiger partial charge on any atom is -0.376 e. The maximum Gasteiger partial charge on any atom is 0.317 e. The highest BCUT2D eigenvalue weighted by molar-refractivity contribution is 5.74. The number of fused-ring (bicyclic) bond motifs is 1. The van der Waals surface area contributed by atoms with Crippen molar-refractivity contribution in [3.05, 3.63) is 11.6 Å². The molecule has 8 heteroatoms. The van der Waals surface area contributed by atoms with E-state index in [2.05, 4.69) is 20.1 Å². The van der Waals surface area contributed by atoms with Crippen LogP contribution < -0.4 is 5.32 Å². The van der Waals surface area contributed by atoms with Gasteiger partial charge in [-0.3, -0.25) is 0 Å². The van der Waals surface area contributed by atoms with Gasteiger partial charge in [-0.25, -0.2) is 4.79 Å². The lowest BCUT2D eigenvalue weighted by Gasteiger charge is -2.27. The summed E-state index contributed by atoms with van der Waals surface area (Å²) in [5, 5.41) is 11.4. The molecule has 138 valence electrons. The average Bonchev–Trinajstić information content (AvgIpc) is 3.37. The standard InChI is InChI=1S/C17H27N5O3/c23-17(18-10-16-20-19-15-6-1-7-22(15)16)21(11-13-4-2-8-24-13)12-14-5-3-9-25-14/h13-14H,1-12H2,(H,18,23)/t13-,14-/m0/s1. The molecule has 1 aromatic heterocycles. The number of aromatic nitrogens is 3. The van der Waals surface area contributed by atoms with Crippen LogP contribution in [0.3, 0.4) is 0 Å². The van der Waals surface area contributed by atoms with E-state index >= 15 is 0 Å². The van der Waals surface area contributed by atoms with E-state index in [1.807, 2.05) is 4.90 Å². The zero-order chi connectivity index (χ0) is 17.1. The summed E-state index contributed by atoms with van der Waals surface area (Å²) < 4.78 is 13.6. The molecule has 2 amide bonds. The Morgan fingerprint density at radius 2 is 1.84 bits per heavy atom. The van der Waals surface area contributed by atoms with Gasteiger partial charge in [0.1, 0.15) is 5.82 Å². The summed E-state index contributed by atoms with van der Waals surface area (Å²) in [5.74, 6) is 1.87. The van der Waals surface area contributed by atoms with Crippen molar-refractivity contribution in [3.63, 3.8) is 0 Å². The van der Waals surface area contributed by atoms with Crippen LogP contribution >= 0.6 is 0 Å². The van der Waals surface area contributed by atoms with Crippen LogP contribution in [0, 0.1) is 0 Å². The Kier molecular flexibility index (Phi) is 5.17.